The molecule has 2 nitrogen and oxygen atoms in total. The monoisotopic (exact) mass is 742 g/mol. The molecule has 0 atom stereocenters. The molecule has 57 heavy (non-hydrogen) atoms. The lowest BCUT2D eigenvalue weighted by Crippen LogP contribution is -2.74. The lowest BCUT2D eigenvalue weighted by atomic mass is 10.0. The highest BCUT2D eigenvalue weighted by atomic mass is 28.3. The van der Waals surface area contributed by atoms with Crippen molar-refractivity contribution in [2.24, 2.45) is 0 Å². The highest BCUT2D eigenvalue weighted by molar-refractivity contribution is 7.20. The molecule has 11 rings (SSSR count). The first kappa shape index (κ1) is 33.2. The summed E-state index contributed by atoms with van der Waals surface area (Å²) in [5, 5.41) is 10.4. The van der Waals surface area contributed by atoms with Crippen LogP contribution in [-0.2, 0) is 0 Å². The standard InChI is InChI=1S/C54H38N2Si/c1-6-20-39(21-7-1)45-31-18-32-48-49-33-19-35-51(54(49)55(53(45)48)40-22-8-2-9-23-40)56-50-34-17-16-30-46(50)47-37-36-44(38-52(47)56)57(41-24-10-3-11-25-41,42-26-12-4-13-27-42)43-28-14-5-15-29-43/h1-38H. The first-order valence-electron chi connectivity index (χ1n) is 19.7. The molecule has 3 heteroatoms. The molecule has 0 amide bonds. The van der Waals surface area contributed by atoms with Crippen LogP contribution in [0, 0.1) is 0 Å². The summed E-state index contributed by atoms with van der Waals surface area (Å²) < 4.78 is 5.04. The largest absolute Gasteiger partial charge is 0.307 e. The Kier molecular flexibility index (Phi) is 7.87. The van der Waals surface area contributed by atoms with Gasteiger partial charge in [-0.25, -0.2) is 0 Å². The highest BCUT2D eigenvalue weighted by Crippen LogP contribution is 2.42. The van der Waals surface area contributed by atoms with Crippen LogP contribution >= 0.6 is 0 Å². The molecular weight excluding hydrogens is 705 g/mol. The summed E-state index contributed by atoms with van der Waals surface area (Å²) in [5.41, 5.74) is 9.50. The van der Waals surface area contributed by atoms with E-state index in [4.69, 9.17) is 0 Å². The summed E-state index contributed by atoms with van der Waals surface area (Å²) in [7, 11) is -2.80. The number of rotatable bonds is 7. The van der Waals surface area contributed by atoms with Crippen LogP contribution < -0.4 is 20.7 Å². The van der Waals surface area contributed by atoms with Crippen LogP contribution in [0.1, 0.15) is 0 Å². The van der Waals surface area contributed by atoms with Crippen LogP contribution in [-0.4, -0.2) is 17.2 Å². The lowest BCUT2D eigenvalue weighted by Gasteiger charge is -2.34. The smallest absolute Gasteiger partial charge is 0.179 e. The van der Waals surface area contributed by atoms with E-state index >= 15 is 0 Å². The molecule has 0 aliphatic carbocycles. The van der Waals surface area contributed by atoms with Gasteiger partial charge in [-0.15, -0.1) is 0 Å². The zero-order valence-electron chi connectivity index (χ0n) is 31.3. The summed E-state index contributed by atoms with van der Waals surface area (Å²) >= 11 is 0. The van der Waals surface area contributed by atoms with Crippen molar-refractivity contribution in [1.82, 2.24) is 9.13 Å². The summed E-state index contributed by atoms with van der Waals surface area (Å²) in [4.78, 5) is 0. The molecule has 0 N–H and O–H groups in total. The normalized spacial score (nSPS) is 11.9. The van der Waals surface area contributed by atoms with Crippen molar-refractivity contribution in [3.05, 3.63) is 231 Å². The van der Waals surface area contributed by atoms with Gasteiger partial charge in [-0.2, -0.15) is 0 Å². The Bertz CT molecular complexity index is 3110. The lowest BCUT2D eigenvalue weighted by molar-refractivity contribution is 1.13. The molecular formula is C54H38N2Si. The quantitative estimate of drug-likeness (QED) is 0.114. The van der Waals surface area contributed by atoms with E-state index in [0.29, 0.717) is 0 Å². The maximum atomic E-state index is 2.54. The van der Waals surface area contributed by atoms with E-state index in [0.717, 1.165) is 11.4 Å². The zero-order valence-corrected chi connectivity index (χ0v) is 32.3. The molecule has 11 aromatic rings. The number of nitrogens with zero attached hydrogens (tertiary/aromatic N) is 2. The minimum atomic E-state index is -2.80. The van der Waals surface area contributed by atoms with Crippen LogP contribution in [0.15, 0.2) is 231 Å². The molecule has 2 aromatic heterocycles. The first-order valence-corrected chi connectivity index (χ1v) is 21.7. The van der Waals surface area contributed by atoms with Crippen LogP contribution in [0.4, 0.5) is 0 Å². The Morgan fingerprint density at radius 3 is 1.42 bits per heavy atom. The topological polar surface area (TPSA) is 9.86 Å². The van der Waals surface area contributed by atoms with Gasteiger partial charge in [0.25, 0.3) is 0 Å². The molecule has 268 valence electrons. The number of aromatic nitrogens is 2. The Balaban J connectivity index is 1.29. The fourth-order valence-corrected chi connectivity index (χ4v) is 14.3. The Morgan fingerprint density at radius 1 is 0.298 bits per heavy atom. The molecule has 0 bridgehead atoms. The number of para-hydroxylation sites is 4. The molecule has 0 aliphatic rings. The predicted molar refractivity (Wildman–Crippen MR) is 244 cm³/mol. The van der Waals surface area contributed by atoms with Crippen LogP contribution in [0.2, 0.25) is 0 Å². The van der Waals surface area contributed by atoms with Gasteiger partial charge in [0.1, 0.15) is 0 Å². The molecule has 2 heterocycles. The van der Waals surface area contributed by atoms with E-state index in [1.54, 1.807) is 0 Å². The van der Waals surface area contributed by atoms with Crippen LogP contribution in [0.5, 0.6) is 0 Å². The zero-order chi connectivity index (χ0) is 37.8. The van der Waals surface area contributed by atoms with Crippen molar-refractivity contribution in [3.8, 4) is 22.5 Å². The molecule has 9 aromatic carbocycles. The fraction of sp³-hybridized carbons (Fsp3) is 0. The van der Waals surface area contributed by atoms with Crippen molar-refractivity contribution >= 4 is 72.4 Å². The van der Waals surface area contributed by atoms with Crippen LogP contribution in [0.3, 0.4) is 0 Å². The molecule has 0 saturated carbocycles. The molecule has 0 spiro atoms. The van der Waals surface area contributed by atoms with Gasteiger partial charge < -0.3 is 9.13 Å². The number of fused-ring (bicyclic) bond motifs is 6. The third-order valence-corrected chi connectivity index (χ3v) is 16.6. The molecule has 0 fully saturated rings. The fourth-order valence-electron chi connectivity index (χ4n) is 9.49. The molecule has 0 saturated heterocycles. The van der Waals surface area contributed by atoms with Gasteiger partial charge in [0.2, 0.25) is 0 Å². The second-order valence-electron chi connectivity index (χ2n) is 14.8. The summed E-state index contributed by atoms with van der Waals surface area (Å²) in [6, 6.07) is 85.2. The van der Waals surface area contributed by atoms with Gasteiger partial charge in [0.15, 0.2) is 8.07 Å². The van der Waals surface area contributed by atoms with Crippen molar-refractivity contribution in [1.29, 1.82) is 0 Å². The molecule has 0 radical (unpaired) electrons. The summed E-state index contributed by atoms with van der Waals surface area (Å²) in [6.45, 7) is 0. The van der Waals surface area contributed by atoms with Gasteiger partial charge in [0, 0.05) is 32.8 Å². The number of hydrogen-bond donors (Lipinski definition) is 0. The maximum absolute atomic E-state index is 2.80. The Morgan fingerprint density at radius 2 is 0.789 bits per heavy atom. The van der Waals surface area contributed by atoms with Crippen molar-refractivity contribution in [2.75, 3.05) is 0 Å². The predicted octanol–water partition coefficient (Wildman–Crippen LogP) is 10.9. The van der Waals surface area contributed by atoms with Gasteiger partial charge >= 0.3 is 0 Å². The second-order valence-corrected chi connectivity index (χ2v) is 18.7. The van der Waals surface area contributed by atoms with Gasteiger partial charge in [-0.3, -0.25) is 0 Å². The Hall–Kier alpha value is -7.20. The average molecular weight is 743 g/mol. The third-order valence-electron chi connectivity index (χ3n) is 11.9. The second kappa shape index (κ2) is 13.5. The van der Waals surface area contributed by atoms with Crippen molar-refractivity contribution in [2.45, 2.75) is 0 Å². The minimum absolute atomic E-state index is 1.14. The summed E-state index contributed by atoms with van der Waals surface area (Å²) in [5.74, 6) is 0. The average Bonchev–Trinajstić information content (AvgIpc) is 3.81. The third kappa shape index (κ3) is 5.10. The van der Waals surface area contributed by atoms with E-state index in [2.05, 4.69) is 240 Å². The van der Waals surface area contributed by atoms with Gasteiger partial charge in [-0.1, -0.05) is 200 Å². The van der Waals surface area contributed by atoms with Crippen molar-refractivity contribution in [3.63, 3.8) is 0 Å². The maximum Gasteiger partial charge on any atom is 0.179 e. The van der Waals surface area contributed by atoms with Crippen LogP contribution in [0.25, 0.3) is 66.1 Å². The van der Waals surface area contributed by atoms with Crippen molar-refractivity contribution < 1.29 is 0 Å². The van der Waals surface area contributed by atoms with E-state index < -0.39 is 8.07 Å². The van der Waals surface area contributed by atoms with E-state index in [-0.39, 0.29) is 0 Å². The SMILES string of the molecule is c1ccc(-c2cccc3c4cccc(-n5c6ccccc6c6ccc([Si](c7ccccc7)(c7ccccc7)c7ccccc7)cc65)c4n(-c4ccccc4)c23)cc1. The first-order chi connectivity index (χ1) is 28.3. The van der Waals surface area contributed by atoms with Gasteiger partial charge in [-0.05, 0) is 56.6 Å². The highest BCUT2D eigenvalue weighted by Gasteiger charge is 2.41. The van der Waals surface area contributed by atoms with E-state index in [1.165, 1.54) is 75.5 Å². The molecule has 0 aliphatic heterocycles. The molecule has 0 unspecified atom stereocenters. The van der Waals surface area contributed by atoms with E-state index in [1.807, 2.05) is 0 Å². The van der Waals surface area contributed by atoms with Gasteiger partial charge in [0.05, 0.1) is 27.8 Å². The number of hydrogen-bond acceptors (Lipinski definition) is 0. The Labute approximate surface area is 333 Å². The summed E-state index contributed by atoms with van der Waals surface area (Å²) in [6.07, 6.45) is 0. The van der Waals surface area contributed by atoms with E-state index in [9.17, 15) is 0 Å². The minimum Gasteiger partial charge on any atom is -0.307 e. The number of benzene rings is 9.